The van der Waals surface area contributed by atoms with Crippen LogP contribution in [0.25, 0.3) is 12.2 Å². The van der Waals surface area contributed by atoms with Gasteiger partial charge in [0.2, 0.25) is 0 Å². The van der Waals surface area contributed by atoms with Gasteiger partial charge >= 0.3 is 5.63 Å². The van der Waals surface area contributed by atoms with Crippen LogP contribution in [0.1, 0.15) is 18.7 Å². The van der Waals surface area contributed by atoms with Crippen molar-refractivity contribution in [3.63, 3.8) is 0 Å². The zero-order valence-electron chi connectivity index (χ0n) is 6.83. The molecule has 1 aromatic rings. The molecule has 62 valence electrons. The van der Waals surface area contributed by atoms with Crippen molar-refractivity contribution in [3.8, 4) is 0 Å². The molecule has 0 atom stereocenters. The van der Waals surface area contributed by atoms with Crippen molar-refractivity contribution < 1.29 is 4.42 Å². The van der Waals surface area contributed by atoms with Crippen molar-refractivity contribution in [2.24, 2.45) is 0 Å². The topological polar surface area (TPSA) is 43.1 Å². The van der Waals surface area contributed by atoms with Gasteiger partial charge < -0.3 is 4.42 Å². The minimum Gasteiger partial charge on any atom is -0.408 e. The third kappa shape index (κ3) is 1.07. The highest BCUT2D eigenvalue weighted by molar-refractivity contribution is 5.33. The Balaban J connectivity index is 2.97. The van der Waals surface area contributed by atoms with Crippen LogP contribution in [0.4, 0.5) is 0 Å². The van der Waals surface area contributed by atoms with Crippen molar-refractivity contribution in [1.29, 1.82) is 0 Å². The summed E-state index contributed by atoms with van der Waals surface area (Å²) in [5.41, 5.74) is -0.270. The predicted molar refractivity (Wildman–Crippen MR) is 44.9 cm³/mol. The van der Waals surface area contributed by atoms with Crippen molar-refractivity contribution >= 4 is 12.2 Å². The van der Waals surface area contributed by atoms with E-state index < -0.39 is 0 Å². The predicted octanol–water partition coefficient (Wildman–Crippen LogP) is -0.302. The maximum atomic E-state index is 11.2. The van der Waals surface area contributed by atoms with E-state index >= 15 is 0 Å². The monoisotopic (exact) mass is 163 g/mol. The molecule has 0 saturated carbocycles. The quantitative estimate of drug-likeness (QED) is 0.527. The zero-order valence-corrected chi connectivity index (χ0v) is 6.83. The third-order valence-corrected chi connectivity index (χ3v) is 1.87. The van der Waals surface area contributed by atoms with Gasteiger partial charge in [-0.1, -0.05) is 12.2 Å². The average molecular weight is 163 g/mol. The first-order valence-electron chi connectivity index (χ1n) is 3.95. The van der Waals surface area contributed by atoms with Crippen molar-refractivity contribution in [2.45, 2.75) is 19.8 Å². The highest BCUT2D eigenvalue weighted by Crippen LogP contribution is 1.92. The Morgan fingerprint density at radius 2 is 2.17 bits per heavy atom. The number of aromatic nitrogens is 1. The average Bonchev–Trinajstić information content (AvgIpc) is 2.04. The molecule has 0 bridgehead atoms. The number of rotatable bonds is 0. The smallest absolute Gasteiger partial charge is 0.346 e. The van der Waals surface area contributed by atoms with E-state index in [1.807, 2.05) is 12.2 Å². The Morgan fingerprint density at radius 1 is 1.42 bits per heavy atom. The fraction of sp³-hybridized carbons (Fsp3) is 0.333. The van der Waals surface area contributed by atoms with Gasteiger partial charge in [-0.25, -0.2) is 9.78 Å². The second-order valence-electron chi connectivity index (χ2n) is 2.80. The second-order valence-corrected chi connectivity index (χ2v) is 2.80. The summed E-state index contributed by atoms with van der Waals surface area (Å²) in [6.45, 7) is 1.68. The molecule has 3 nitrogen and oxygen atoms in total. The molecule has 0 unspecified atom stereocenters. The molecule has 0 aliphatic heterocycles. The fourth-order valence-corrected chi connectivity index (χ4v) is 1.34. The van der Waals surface area contributed by atoms with Crippen molar-refractivity contribution in [3.05, 3.63) is 26.9 Å². The van der Waals surface area contributed by atoms with Crippen LogP contribution in [0.15, 0.2) is 9.21 Å². The third-order valence-electron chi connectivity index (χ3n) is 1.87. The second kappa shape index (κ2) is 2.59. The van der Waals surface area contributed by atoms with Gasteiger partial charge in [0.15, 0.2) is 5.89 Å². The van der Waals surface area contributed by atoms with Gasteiger partial charge in [-0.05, 0) is 12.8 Å². The molecule has 2 rings (SSSR count). The normalized spacial score (nSPS) is 14.4. The first-order chi connectivity index (χ1) is 5.77. The Bertz CT molecular complexity index is 470. The number of aryl methyl sites for hydroxylation is 1. The Hall–Kier alpha value is -1.38. The molecule has 0 amide bonds. The molecule has 0 radical (unpaired) electrons. The SMILES string of the molecule is Cc1nc2c(c(=O)o1)=CCCC=2. The summed E-state index contributed by atoms with van der Waals surface area (Å²) in [6, 6.07) is 0. The van der Waals surface area contributed by atoms with Crippen LogP contribution >= 0.6 is 0 Å². The lowest BCUT2D eigenvalue weighted by Crippen LogP contribution is -2.42. The number of nitrogens with zero attached hydrogens (tertiary/aromatic N) is 1. The van der Waals surface area contributed by atoms with E-state index in [4.69, 9.17) is 4.42 Å². The van der Waals surface area contributed by atoms with Gasteiger partial charge in [-0.3, -0.25) is 0 Å². The lowest BCUT2D eigenvalue weighted by Gasteiger charge is -1.97. The van der Waals surface area contributed by atoms with Crippen molar-refractivity contribution in [2.75, 3.05) is 0 Å². The molecule has 1 aliphatic carbocycles. The van der Waals surface area contributed by atoms with E-state index in [1.165, 1.54) is 0 Å². The molecule has 1 aromatic heterocycles. The Labute approximate surface area is 69.1 Å². The van der Waals surface area contributed by atoms with Crippen LogP contribution in [0.2, 0.25) is 0 Å². The largest absolute Gasteiger partial charge is 0.408 e. The van der Waals surface area contributed by atoms with Crippen LogP contribution in [-0.2, 0) is 0 Å². The summed E-state index contributed by atoms with van der Waals surface area (Å²) in [6.07, 6.45) is 5.72. The Kier molecular flexibility index (Phi) is 1.57. The van der Waals surface area contributed by atoms with Gasteiger partial charge in [-0.15, -0.1) is 0 Å². The standard InChI is InChI=1S/C9H9NO2/c1-6-10-8-5-3-2-4-7(8)9(11)12-6/h4-5H,2-3H2,1H3. The van der Waals surface area contributed by atoms with E-state index in [9.17, 15) is 4.79 Å². The minimum atomic E-state index is -0.270. The maximum Gasteiger partial charge on any atom is 0.346 e. The first kappa shape index (κ1) is 7.28. The molecule has 0 saturated heterocycles. The molecular formula is C9H9NO2. The molecule has 0 fully saturated rings. The molecular weight excluding hydrogens is 154 g/mol. The summed E-state index contributed by atoms with van der Waals surface area (Å²) in [4.78, 5) is 15.3. The van der Waals surface area contributed by atoms with Crippen LogP contribution in [0.3, 0.4) is 0 Å². The van der Waals surface area contributed by atoms with Crippen LogP contribution < -0.4 is 16.2 Å². The zero-order chi connectivity index (χ0) is 8.55. The molecule has 0 N–H and O–H groups in total. The molecule has 1 heterocycles. The van der Waals surface area contributed by atoms with Crippen LogP contribution in [0, 0.1) is 6.92 Å². The summed E-state index contributed by atoms with van der Waals surface area (Å²) in [7, 11) is 0. The minimum absolute atomic E-state index is 0.270. The number of hydrogen-bond donors (Lipinski definition) is 0. The molecule has 1 aliphatic rings. The van der Waals surface area contributed by atoms with Crippen LogP contribution in [-0.4, -0.2) is 4.98 Å². The van der Waals surface area contributed by atoms with Gasteiger partial charge in [0.1, 0.15) is 0 Å². The summed E-state index contributed by atoms with van der Waals surface area (Å²) in [5.74, 6) is 0.435. The van der Waals surface area contributed by atoms with E-state index in [2.05, 4.69) is 4.98 Å². The highest BCUT2D eigenvalue weighted by atomic mass is 16.4. The summed E-state index contributed by atoms with van der Waals surface area (Å²) >= 11 is 0. The number of fused-ring (bicyclic) bond motifs is 1. The van der Waals surface area contributed by atoms with Crippen LogP contribution in [0.5, 0.6) is 0 Å². The summed E-state index contributed by atoms with van der Waals surface area (Å²) < 4.78 is 4.86. The Morgan fingerprint density at radius 3 is 3.00 bits per heavy atom. The lowest BCUT2D eigenvalue weighted by molar-refractivity contribution is 0.447. The van der Waals surface area contributed by atoms with E-state index in [0.717, 1.165) is 18.2 Å². The highest BCUT2D eigenvalue weighted by Gasteiger charge is 2.00. The van der Waals surface area contributed by atoms with Gasteiger partial charge in [0.05, 0.1) is 10.6 Å². The van der Waals surface area contributed by atoms with Gasteiger partial charge in [0, 0.05) is 6.92 Å². The molecule has 12 heavy (non-hydrogen) atoms. The van der Waals surface area contributed by atoms with E-state index in [1.54, 1.807) is 6.92 Å². The molecule has 3 heteroatoms. The van der Waals surface area contributed by atoms with Crippen molar-refractivity contribution in [1.82, 2.24) is 4.98 Å². The van der Waals surface area contributed by atoms with Gasteiger partial charge in [0.25, 0.3) is 0 Å². The first-order valence-corrected chi connectivity index (χ1v) is 3.95. The van der Waals surface area contributed by atoms with E-state index in [-0.39, 0.29) is 5.63 Å². The van der Waals surface area contributed by atoms with E-state index in [0.29, 0.717) is 11.1 Å². The van der Waals surface area contributed by atoms with Gasteiger partial charge in [-0.2, -0.15) is 0 Å². The summed E-state index contributed by atoms with van der Waals surface area (Å²) in [5, 5.41) is 1.39. The number of hydrogen-bond acceptors (Lipinski definition) is 3. The fourth-order valence-electron chi connectivity index (χ4n) is 1.34. The molecule has 0 aromatic carbocycles. The molecule has 0 spiro atoms. The lowest BCUT2D eigenvalue weighted by atomic mass is 10.2. The maximum absolute atomic E-state index is 11.2.